The highest BCUT2D eigenvalue weighted by atomic mass is 35.5. The number of nitrogens with zero attached hydrogens (tertiary/aromatic N) is 3. The Morgan fingerprint density at radius 2 is 1.45 bits per heavy atom. The van der Waals surface area contributed by atoms with Crippen molar-refractivity contribution in [2.24, 2.45) is 5.41 Å². The number of rotatable bonds is 15. The Hall–Kier alpha value is -6.08. The summed E-state index contributed by atoms with van der Waals surface area (Å²) in [6.07, 6.45) is 2.45. The molecule has 0 spiro atoms. The summed E-state index contributed by atoms with van der Waals surface area (Å²) in [5.74, 6) is -0.100. The summed E-state index contributed by atoms with van der Waals surface area (Å²) in [5.41, 5.74) is 4.35. The predicted molar refractivity (Wildman–Crippen MR) is 212 cm³/mol. The number of ether oxygens (including phenoxy) is 1. The first-order chi connectivity index (χ1) is 26.3. The maximum absolute atomic E-state index is 13.4. The third-order valence-corrected chi connectivity index (χ3v) is 8.87. The van der Waals surface area contributed by atoms with Crippen molar-refractivity contribution in [3.05, 3.63) is 130 Å². The topological polar surface area (TPSA) is 159 Å². The Bertz CT molecular complexity index is 2060. The molecule has 1 aliphatic rings. The highest BCUT2D eigenvalue weighted by Crippen LogP contribution is 2.48. The number of aromatic nitrogens is 3. The molecule has 3 amide bonds. The van der Waals surface area contributed by atoms with Crippen LogP contribution in [-0.4, -0.2) is 46.3 Å². The Labute approximate surface area is 324 Å². The molecule has 1 saturated carbocycles. The van der Waals surface area contributed by atoms with Crippen LogP contribution in [0.15, 0.2) is 97.1 Å². The highest BCUT2D eigenvalue weighted by Gasteiger charge is 2.45. The number of hydrogen-bond acceptors (Lipinski definition) is 9. The molecular formula is C41H44ClFN8O4. The third kappa shape index (κ3) is 12.5. The van der Waals surface area contributed by atoms with E-state index in [1.54, 1.807) is 36.4 Å². The molecule has 4 aromatic carbocycles. The van der Waals surface area contributed by atoms with E-state index >= 15 is 0 Å². The van der Waals surface area contributed by atoms with Gasteiger partial charge >= 0.3 is 6.01 Å². The van der Waals surface area contributed by atoms with Gasteiger partial charge in [-0.05, 0) is 97.0 Å². The zero-order chi connectivity index (χ0) is 39.4. The molecule has 1 aromatic heterocycles. The summed E-state index contributed by atoms with van der Waals surface area (Å²) in [6.45, 7) is 8.38. The van der Waals surface area contributed by atoms with E-state index in [1.807, 2.05) is 69.3 Å². The second-order valence-electron chi connectivity index (χ2n) is 14.0. The molecule has 12 nitrogen and oxygen atoms in total. The van der Waals surface area contributed by atoms with Crippen LogP contribution < -0.4 is 31.3 Å². The molecule has 1 aliphatic carbocycles. The smallest absolute Gasteiger partial charge is 0.323 e. The molecule has 1 heterocycles. The molecule has 6 rings (SSSR count). The normalized spacial score (nSPS) is 12.6. The Kier molecular flexibility index (Phi) is 13.3. The zero-order valence-electron chi connectivity index (χ0n) is 31.1. The molecule has 0 aliphatic heterocycles. The fourth-order valence-corrected chi connectivity index (χ4v) is 5.38. The minimum atomic E-state index is -0.330. The molecule has 14 heteroatoms. The number of hydrogen-bond donors (Lipinski definition) is 5. The lowest BCUT2D eigenvalue weighted by Crippen LogP contribution is -2.41. The molecule has 286 valence electrons. The lowest BCUT2D eigenvalue weighted by Gasteiger charge is -2.25. The standard InChI is InChI=1S/C33H35ClFN7O3.C8H9NO/c1-21(43)36-19-32(2,3)20-37-28(44)23-6-14-27(15-7-23)38-29-39-30(42-33(16-17-33)24-8-10-25(34)11-9-24)41-31(40-29)45-18-22-4-12-26(35)13-5-22;1-7-2-4-8(5-3-7)9-6-10/h4-15H,16-20H2,1-3H3,(H,36,43)(H,37,44)(H2,38,39,40,41,42);2-6H,1H3,(H,9,10). The van der Waals surface area contributed by atoms with E-state index in [-0.39, 0.29) is 47.2 Å². The van der Waals surface area contributed by atoms with Crippen molar-refractivity contribution in [3.8, 4) is 6.01 Å². The number of nitrogens with one attached hydrogen (secondary N) is 5. The van der Waals surface area contributed by atoms with E-state index < -0.39 is 0 Å². The Morgan fingerprint density at radius 1 is 0.836 bits per heavy atom. The van der Waals surface area contributed by atoms with E-state index in [2.05, 4.69) is 41.5 Å². The summed E-state index contributed by atoms with van der Waals surface area (Å²) < 4.78 is 19.2. The van der Waals surface area contributed by atoms with Gasteiger partial charge in [0.25, 0.3) is 5.91 Å². The van der Waals surface area contributed by atoms with Crippen molar-refractivity contribution in [3.63, 3.8) is 0 Å². The molecule has 1 fully saturated rings. The van der Waals surface area contributed by atoms with Crippen LogP contribution in [0.25, 0.3) is 0 Å². The van der Waals surface area contributed by atoms with Crippen LogP contribution in [0.1, 0.15) is 60.7 Å². The van der Waals surface area contributed by atoms with Gasteiger partial charge in [-0.15, -0.1) is 0 Å². The average molecular weight is 767 g/mol. The number of amides is 3. The van der Waals surface area contributed by atoms with Gasteiger partial charge in [0.2, 0.25) is 24.2 Å². The summed E-state index contributed by atoms with van der Waals surface area (Å²) in [7, 11) is 0. The van der Waals surface area contributed by atoms with E-state index in [9.17, 15) is 18.8 Å². The number of halogens is 2. The first kappa shape index (κ1) is 40.1. The lowest BCUT2D eigenvalue weighted by atomic mass is 9.93. The first-order valence-electron chi connectivity index (χ1n) is 17.7. The fourth-order valence-electron chi connectivity index (χ4n) is 5.25. The summed E-state index contributed by atoms with van der Waals surface area (Å²) >= 11 is 6.10. The van der Waals surface area contributed by atoms with Crippen molar-refractivity contribution in [2.45, 2.75) is 52.7 Å². The minimum absolute atomic E-state index is 0.0871. The SMILES string of the molecule is CC(=O)NCC(C)(C)CNC(=O)c1ccc(Nc2nc(NC3(c4ccc(Cl)cc4)CC3)nc(OCc3ccc(F)cc3)n2)cc1.Cc1ccc(NC=O)cc1. The van der Waals surface area contributed by atoms with Gasteiger partial charge in [-0.25, -0.2) is 4.39 Å². The largest absolute Gasteiger partial charge is 0.458 e. The van der Waals surface area contributed by atoms with Crippen LogP contribution in [0.3, 0.4) is 0 Å². The quantitative estimate of drug-likeness (QED) is 0.0679. The first-order valence-corrected chi connectivity index (χ1v) is 18.0. The van der Waals surface area contributed by atoms with Crippen molar-refractivity contribution >= 4 is 53.1 Å². The van der Waals surface area contributed by atoms with Crippen LogP contribution in [0.5, 0.6) is 6.01 Å². The summed E-state index contributed by atoms with van der Waals surface area (Å²) in [6, 6.07) is 28.3. The molecule has 0 radical (unpaired) electrons. The second-order valence-corrected chi connectivity index (χ2v) is 14.4. The highest BCUT2D eigenvalue weighted by molar-refractivity contribution is 6.30. The van der Waals surface area contributed by atoms with E-state index in [0.717, 1.165) is 29.7 Å². The molecule has 0 atom stereocenters. The van der Waals surface area contributed by atoms with Gasteiger partial charge in [-0.1, -0.05) is 67.4 Å². The lowest BCUT2D eigenvalue weighted by molar-refractivity contribution is -0.119. The van der Waals surface area contributed by atoms with Gasteiger partial charge in [0.15, 0.2) is 0 Å². The van der Waals surface area contributed by atoms with Crippen LogP contribution in [0.4, 0.5) is 27.7 Å². The molecule has 0 saturated heterocycles. The molecule has 0 bridgehead atoms. The monoisotopic (exact) mass is 766 g/mol. The molecular weight excluding hydrogens is 723 g/mol. The van der Waals surface area contributed by atoms with Crippen molar-refractivity contribution < 1.29 is 23.5 Å². The van der Waals surface area contributed by atoms with Gasteiger partial charge in [-0.3, -0.25) is 14.4 Å². The van der Waals surface area contributed by atoms with Crippen molar-refractivity contribution in [2.75, 3.05) is 29.0 Å². The average Bonchev–Trinajstić information content (AvgIpc) is 3.95. The van der Waals surface area contributed by atoms with Crippen LogP contribution >= 0.6 is 11.6 Å². The number of carbonyl (C=O) groups excluding carboxylic acids is 3. The summed E-state index contributed by atoms with van der Waals surface area (Å²) in [4.78, 5) is 47.5. The van der Waals surface area contributed by atoms with Gasteiger partial charge in [0, 0.05) is 42.0 Å². The summed E-state index contributed by atoms with van der Waals surface area (Å²) in [5, 5.41) is 15.5. The van der Waals surface area contributed by atoms with Crippen LogP contribution in [-0.2, 0) is 21.7 Å². The number of anilines is 4. The van der Waals surface area contributed by atoms with E-state index in [0.29, 0.717) is 41.7 Å². The second kappa shape index (κ2) is 18.3. The van der Waals surface area contributed by atoms with Crippen molar-refractivity contribution in [1.29, 1.82) is 0 Å². The molecule has 5 aromatic rings. The zero-order valence-corrected chi connectivity index (χ0v) is 31.8. The van der Waals surface area contributed by atoms with Crippen LogP contribution in [0.2, 0.25) is 5.02 Å². The van der Waals surface area contributed by atoms with E-state index in [1.165, 1.54) is 24.6 Å². The maximum atomic E-state index is 13.4. The predicted octanol–water partition coefficient (Wildman–Crippen LogP) is 7.54. The fraction of sp³-hybridized carbons (Fsp3) is 0.268. The third-order valence-electron chi connectivity index (χ3n) is 8.62. The van der Waals surface area contributed by atoms with Crippen molar-refractivity contribution in [1.82, 2.24) is 25.6 Å². The molecule has 5 N–H and O–H groups in total. The molecule has 0 unspecified atom stereocenters. The van der Waals surface area contributed by atoms with Gasteiger partial charge in [0.1, 0.15) is 12.4 Å². The van der Waals surface area contributed by atoms with Gasteiger partial charge in [-0.2, -0.15) is 15.0 Å². The van der Waals surface area contributed by atoms with Crippen LogP contribution in [0, 0.1) is 18.2 Å². The number of carbonyl (C=O) groups is 3. The number of benzene rings is 4. The van der Waals surface area contributed by atoms with Gasteiger partial charge in [0.05, 0.1) is 5.54 Å². The Balaban J connectivity index is 0.000000504. The Morgan fingerprint density at radius 3 is 2.07 bits per heavy atom. The minimum Gasteiger partial charge on any atom is -0.458 e. The molecule has 55 heavy (non-hydrogen) atoms. The number of aryl methyl sites for hydroxylation is 1. The maximum Gasteiger partial charge on any atom is 0.323 e. The van der Waals surface area contributed by atoms with E-state index in [4.69, 9.17) is 16.3 Å². The van der Waals surface area contributed by atoms with Gasteiger partial charge < -0.3 is 31.3 Å².